The molecule has 0 aromatic heterocycles. The molecule has 1 N–H and O–H groups in total. The van der Waals surface area contributed by atoms with Gasteiger partial charge in [-0.3, -0.25) is 9.59 Å². The Labute approximate surface area is 151 Å². The first kappa shape index (κ1) is 18.0. The third kappa shape index (κ3) is 3.33. The maximum atomic E-state index is 12.9. The van der Waals surface area contributed by atoms with Crippen molar-refractivity contribution < 1.29 is 24.2 Å². The second-order valence-corrected chi connectivity index (χ2v) is 7.05. The van der Waals surface area contributed by atoms with Crippen molar-refractivity contribution in [3.63, 3.8) is 0 Å². The van der Waals surface area contributed by atoms with Crippen LogP contribution in [0.4, 0.5) is 0 Å². The Bertz CT molecular complexity index is 667. The second-order valence-electron chi connectivity index (χ2n) is 6.65. The third-order valence-electron chi connectivity index (χ3n) is 5.20. The van der Waals surface area contributed by atoms with Crippen LogP contribution in [0.2, 0.25) is 5.02 Å². The minimum Gasteiger partial charge on any atom is -0.481 e. The number of hydrogen-bond donors (Lipinski definition) is 1. The molecule has 2 fully saturated rings. The minimum atomic E-state index is -0.906. The van der Waals surface area contributed by atoms with Gasteiger partial charge in [-0.1, -0.05) is 30.7 Å². The Morgan fingerprint density at radius 1 is 1.48 bits per heavy atom. The van der Waals surface area contributed by atoms with Gasteiger partial charge in [0.2, 0.25) is 0 Å². The summed E-state index contributed by atoms with van der Waals surface area (Å²) in [5, 5.41) is 10.2. The summed E-state index contributed by atoms with van der Waals surface area (Å²) in [6, 6.07) is 7.00. The number of aliphatic carboxylic acids is 1. The van der Waals surface area contributed by atoms with Crippen molar-refractivity contribution in [3.8, 4) is 5.75 Å². The third-order valence-corrected chi connectivity index (χ3v) is 5.51. The molecule has 0 spiro atoms. The zero-order valence-corrected chi connectivity index (χ0v) is 14.9. The number of ether oxygens (including phenoxy) is 2. The fourth-order valence-electron chi connectivity index (χ4n) is 3.67. The van der Waals surface area contributed by atoms with Gasteiger partial charge in [-0.2, -0.15) is 0 Å². The zero-order chi connectivity index (χ0) is 18.0. The number of carboxylic acids is 1. The maximum Gasteiger partial charge on any atom is 0.311 e. The van der Waals surface area contributed by atoms with Crippen LogP contribution >= 0.6 is 11.6 Å². The quantitative estimate of drug-likeness (QED) is 0.865. The molecule has 25 heavy (non-hydrogen) atoms. The Hall–Kier alpha value is -1.79. The fourth-order valence-corrected chi connectivity index (χ4v) is 3.85. The van der Waals surface area contributed by atoms with E-state index in [-0.39, 0.29) is 18.4 Å². The van der Waals surface area contributed by atoms with Crippen molar-refractivity contribution in [1.29, 1.82) is 0 Å². The lowest BCUT2D eigenvalue weighted by molar-refractivity contribution is -0.157. The summed E-state index contributed by atoms with van der Waals surface area (Å²) in [5.74, 6) is -0.772. The predicted octanol–water partition coefficient (Wildman–Crippen LogP) is 2.45. The van der Waals surface area contributed by atoms with Crippen LogP contribution in [-0.4, -0.2) is 54.3 Å². The predicted molar refractivity (Wildman–Crippen MR) is 91.7 cm³/mol. The number of rotatable bonds is 5. The lowest BCUT2D eigenvalue weighted by Gasteiger charge is -2.33. The molecule has 2 heterocycles. The average molecular weight is 368 g/mol. The molecule has 0 aliphatic carbocycles. The molecule has 0 bridgehead atoms. The van der Waals surface area contributed by atoms with Gasteiger partial charge in [0.25, 0.3) is 5.91 Å². The van der Waals surface area contributed by atoms with Crippen LogP contribution in [0.3, 0.4) is 0 Å². The lowest BCUT2D eigenvalue weighted by atomic mass is 9.74. The standard InChI is InChI=1S/C18H22ClNO5/c1-2-14(25-15-6-4-3-5-13(15)19)16(21)20-9-12-10-24-8-7-18(12,11-20)17(22)23/h3-6,12,14H,2,7-11H2,1H3,(H,22,23)/t12-,14?,18+/m0/s1. The topological polar surface area (TPSA) is 76.1 Å². The van der Waals surface area contributed by atoms with Gasteiger partial charge in [0.15, 0.2) is 6.10 Å². The van der Waals surface area contributed by atoms with Crippen LogP contribution in [0.1, 0.15) is 19.8 Å². The number of hydrogen-bond acceptors (Lipinski definition) is 4. The largest absolute Gasteiger partial charge is 0.481 e. The molecule has 1 aromatic carbocycles. The maximum absolute atomic E-state index is 12.9. The molecule has 3 atom stereocenters. The number of para-hydroxylation sites is 1. The number of carboxylic acid groups (broad SMARTS) is 1. The summed E-state index contributed by atoms with van der Waals surface area (Å²) in [5.41, 5.74) is -0.906. The van der Waals surface area contributed by atoms with E-state index in [0.29, 0.717) is 43.4 Å². The number of benzene rings is 1. The molecule has 6 nitrogen and oxygen atoms in total. The monoisotopic (exact) mass is 367 g/mol. The van der Waals surface area contributed by atoms with Crippen LogP contribution in [0.5, 0.6) is 5.75 Å². The molecular formula is C18H22ClNO5. The van der Waals surface area contributed by atoms with Crippen molar-refractivity contribution in [2.45, 2.75) is 25.9 Å². The van der Waals surface area contributed by atoms with E-state index in [9.17, 15) is 14.7 Å². The summed E-state index contributed by atoms with van der Waals surface area (Å²) in [7, 11) is 0. The number of nitrogens with zero attached hydrogens (tertiary/aromatic N) is 1. The van der Waals surface area contributed by atoms with Gasteiger partial charge in [-0.25, -0.2) is 0 Å². The molecule has 2 saturated heterocycles. The molecule has 1 amide bonds. The number of carbonyl (C=O) groups excluding carboxylic acids is 1. The van der Waals surface area contributed by atoms with E-state index in [1.807, 2.05) is 6.92 Å². The van der Waals surface area contributed by atoms with Crippen LogP contribution < -0.4 is 4.74 Å². The second kappa shape index (κ2) is 7.22. The van der Waals surface area contributed by atoms with Gasteiger partial charge in [0, 0.05) is 25.6 Å². The highest BCUT2D eigenvalue weighted by Gasteiger charge is 2.55. The first-order chi connectivity index (χ1) is 12.0. The molecule has 3 rings (SSSR count). The first-order valence-electron chi connectivity index (χ1n) is 8.49. The summed E-state index contributed by atoms with van der Waals surface area (Å²) in [6.07, 6.45) is 0.215. The van der Waals surface area contributed by atoms with E-state index in [0.717, 1.165) is 0 Å². The van der Waals surface area contributed by atoms with E-state index < -0.39 is 17.5 Å². The highest BCUT2D eigenvalue weighted by Crippen LogP contribution is 2.42. The first-order valence-corrected chi connectivity index (χ1v) is 8.87. The Morgan fingerprint density at radius 3 is 2.88 bits per heavy atom. The molecule has 2 aliphatic rings. The molecule has 7 heteroatoms. The summed E-state index contributed by atoms with van der Waals surface area (Å²) >= 11 is 6.11. The van der Waals surface area contributed by atoms with Gasteiger partial charge < -0.3 is 19.5 Å². The van der Waals surface area contributed by atoms with Crippen LogP contribution in [-0.2, 0) is 14.3 Å². The van der Waals surface area contributed by atoms with E-state index in [1.54, 1.807) is 29.2 Å². The van der Waals surface area contributed by atoms with Gasteiger partial charge in [-0.15, -0.1) is 0 Å². The summed E-state index contributed by atoms with van der Waals surface area (Å²) in [4.78, 5) is 26.4. The van der Waals surface area contributed by atoms with E-state index >= 15 is 0 Å². The van der Waals surface area contributed by atoms with Crippen molar-refractivity contribution in [2.24, 2.45) is 11.3 Å². The van der Waals surface area contributed by atoms with Crippen LogP contribution in [0.25, 0.3) is 0 Å². The van der Waals surface area contributed by atoms with Crippen LogP contribution in [0, 0.1) is 11.3 Å². The van der Waals surface area contributed by atoms with Crippen LogP contribution in [0.15, 0.2) is 24.3 Å². The normalized spacial score (nSPS) is 26.8. The van der Waals surface area contributed by atoms with E-state index in [4.69, 9.17) is 21.1 Å². The SMILES string of the molecule is CCC(Oc1ccccc1Cl)C(=O)N1C[C@H]2COCC[C@@]2(C(=O)O)C1. The number of fused-ring (bicyclic) bond motifs is 1. The number of likely N-dealkylation sites (tertiary alicyclic amines) is 1. The Kier molecular flexibility index (Phi) is 5.20. The molecule has 0 saturated carbocycles. The summed E-state index contributed by atoms with van der Waals surface area (Å²) in [6.45, 7) is 3.24. The smallest absolute Gasteiger partial charge is 0.311 e. The van der Waals surface area contributed by atoms with Gasteiger partial charge >= 0.3 is 5.97 Å². The number of amides is 1. The van der Waals surface area contributed by atoms with Gasteiger partial charge in [0.05, 0.1) is 17.0 Å². The zero-order valence-electron chi connectivity index (χ0n) is 14.1. The molecule has 0 radical (unpaired) electrons. The molecule has 2 aliphatic heterocycles. The highest BCUT2D eigenvalue weighted by atomic mass is 35.5. The van der Waals surface area contributed by atoms with Gasteiger partial charge in [0.1, 0.15) is 5.75 Å². The van der Waals surface area contributed by atoms with Gasteiger partial charge in [-0.05, 0) is 25.0 Å². The van der Waals surface area contributed by atoms with Crippen molar-refractivity contribution >= 4 is 23.5 Å². The van der Waals surface area contributed by atoms with Crippen molar-refractivity contribution in [1.82, 2.24) is 4.90 Å². The Balaban J connectivity index is 1.75. The molecule has 1 aromatic rings. The molecular weight excluding hydrogens is 346 g/mol. The van der Waals surface area contributed by atoms with Crippen molar-refractivity contribution in [2.75, 3.05) is 26.3 Å². The fraction of sp³-hybridized carbons (Fsp3) is 0.556. The Morgan fingerprint density at radius 2 is 2.24 bits per heavy atom. The molecule has 1 unspecified atom stereocenters. The number of halogens is 1. The lowest BCUT2D eigenvalue weighted by Crippen LogP contribution is -2.46. The van der Waals surface area contributed by atoms with Crippen molar-refractivity contribution in [3.05, 3.63) is 29.3 Å². The highest BCUT2D eigenvalue weighted by molar-refractivity contribution is 6.32. The summed E-state index contributed by atoms with van der Waals surface area (Å²) < 4.78 is 11.2. The number of carbonyl (C=O) groups is 2. The van der Waals surface area contributed by atoms with E-state index in [2.05, 4.69) is 0 Å². The molecule has 136 valence electrons. The minimum absolute atomic E-state index is 0.180. The average Bonchev–Trinajstić information content (AvgIpc) is 3.01. The van der Waals surface area contributed by atoms with E-state index in [1.165, 1.54) is 0 Å².